The molecule has 0 bridgehead atoms. The van der Waals surface area contributed by atoms with Crippen molar-refractivity contribution in [3.63, 3.8) is 0 Å². The Morgan fingerprint density at radius 3 is 2.92 bits per heavy atom. The molecule has 1 aliphatic heterocycles. The van der Waals surface area contributed by atoms with Gasteiger partial charge >= 0.3 is 0 Å². The Labute approximate surface area is 80.9 Å². The van der Waals surface area contributed by atoms with E-state index < -0.39 is 5.97 Å². The number of carboxylic acids is 1. The Hall–Kier alpha value is 0.170. The van der Waals surface area contributed by atoms with Crippen LogP contribution in [0.5, 0.6) is 0 Å². The number of carbonyl (C=O) groups is 1. The van der Waals surface area contributed by atoms with E-state index in [1.54, 1.807) is 0 Å². The highest BCUT2D eigenvalue weighted by Gasteiger charge is 2.15. The van der Waals surface area contributed by atoms with Crippen LogP contribution in [0.1, 0.15) is 32.1 Å². The van der Waals surface area contributed by atoms with E-state index in [2.05, 4.69) is 0 Å². The Kier molecular flexibility index (Phi) is 4.92. The molecule has 0 aromatic rings. The van der Waals surface area contributed by atoms with E-state index in [4.69, 9.17) is 0 Å². The van der Waals surface area contributed by atoms with Crippen LogP contribution in [0.15, 0.2) is 0 Å². The quantitative estimate of drug-likeness (QED) is 0.503. The van der Waals surface area contributed by atoms with Gasteiger partial charge in [0.15, 0.2) is 0 Å². The Morgan fingerprint density at radius 1 is 1.50 bits per heavy atom. The lowest BCUT2D eigenvalue weighted by Crippen LogP contribution is -2.21. The molecule has 12 heavy (non-hydrogen) atoms. The van der Waals surface area contributed by atoms with Gasteiger partial charge in [-0.05, 0) is 25.7 Å². The molecule has 4 heteroatoms. The average molecular weight is 205 g/mol. The molecule has 0 unspecified atom stereocenters. The van der Waals surface area contributed by atoms with Crippen molar-refractivity contribution < 1.29 is 9.90 Å². The van der Waals surface area contributed by atoms with Crippen molar-refractivity contribution in [2.24, 2.45) is 0 Å². The van der Waals surface area contributed by atoms with Crippen molar-refractivity contribution in [2.75, 3.05) is 5.75 Å². The summed E-state index contributed by atoms with van der Waals surface area (Å²) in [6, 6.07) is 0. The summed E-state index contributed by atoms with van der Waals surface area (Å²) in [6.45, 7) is 0. The van der Waals surface area contributed by atoms with E-state index in [0.29, 0.717) is 0 Å². The standard InChI is InChI=1S/C8H14O2S2/c9-8(10)4-2-1-3-7-5-6-11-12-7/h7H,1-6H2,(H,9,10)/p-1/t7-/m1/s1. The van der Waals surface area contributed by atoms with Crippen LogP contribution in [0.2, 0.25) is 0 Å². The largest absolute Gasteiger partial charge is 0.550 e. The maximum Gasteiger partial charge on any atom is 0.0414 e. The van der Waals surface area contributed by atoms with Gasteiger partial charge in [0.2, 0.25) is 0 Å². The zero-order chi connectivity index (χ0) is 8.81. The maximum absolute atomic E-state index is 10.1. The molecule has 1 atom stereocenters. The summed E-state index contributed by atoms with van der Waals surface area (Å²) in [7, 11) is 3.89. The number of aliphatic carboxylic acids is 1. The Morgan fingerprint density at radius 2 is 2.33 bits per heavy atom. The molecule has 1 fully saturated rings. The molecule has 0 N–H and O–H groups in total. The predicted octanol–water partition coefficient (Wildman–Crippen LogP) is 1.45. The van der Waals surface area contributed by atoms with Gasteiger partial charge in [-0.15, -0.1) is 0 Å². The van der Waals surface area contributed by atoms with Crippen LogP contribution in [0.3, 0.4) is 0 Å². The molecule has 0 radical (unpaired) electrons. The van der Waals surface area contributed by atoms with Gasteiger partial charge in [0.05, 0.1) is 0 Å². The van der Waals surface area contributed by atoms with Crippen LogP contribution in [0.25, 0.3) is 0 Å². The number of hydrogen-bond acceptors (Lipinski definition) is 4. The zero-order valence-corrected chi connectivity index (χ0v) is 8.59. The molecule has 2 nitrogen and oxygen atoms in total. The second-order valence-corrected chi connectivity index (χ2v) is 5.73. The molecule has 0 amide bonds. The summed E-state index contributed by atoms with van der Waals surface area (Å²) in [5.74, 6) is 0.346. The zero-order valence-electron chi connectivity index (χ0n) is 6.95. The van der Waals surface area contributed by atoms with Gasteiger partial charge in [-0.25, -0.2) is 0 Å². The SMILES string of the molecule is O=C([O-])CCCC[C@@H]1CCSS1. The minimum absolute atomic E-state index is 0.227. The first-order chi connectivity index (χ1) is 5.79. The van der Waals surface area contributed by atoms with Crippen LogP contribution < -0.4 is 5.11 Å². The summed E-state index contributed by atoms with van der Waals surface area (Å²) in [6.07, 6.45) is 4.51. The third-order valence-corrected chi connectivity index (χ3v) is 4.89. The van der Waals surface area contributed by atoms with E-state index in [1.165, 1.54) is 18.6 Å². The Balaban J connectivity index is 1.91. The van der Waals surface area contributed by atoms with Crippen molar-refractivity contribution in [2.45, 2.75) is 37.4 Å². The predicted molar refractivity (Wildman–Crippen MR) is 51.9 cm³/mol. The molecule has 1 saturated heterocycles. The van der Waals surface area contributed by atoms with Gasteiger partial charge in [0.25, 0.3) is 0 Å². The van der Waals surface area contributed by atoms with Crippen molar-refractivity contribution in [1.82, 2.24) is 0 Å². The first kappa shape index (κ1) is 10.3. The summed E-state index contributed by atoms with van der Waals surface area (Å²) >= 11 is 0. The fourth-order valence-electron chi connectivity index (χ4n) is 1.21. The second-order valence-electron chi connectivity index (χ2n) is 2.95. The molecule has 0 aromatic carbocycles. The molecular weight excluding hydrogens is 192 g/mol. The van der Waals surface area contributed by atoms with Crippen LogP contribution >= 0.6 is 21.6 Å². The van der Waals surface area contributed by atoms with Crippen LogP contribution in [-0.2, 0) is 4.79 Å². The van der Waals surface area contributed by atoms with Gasteiger partial charge in [0, 0.05) is 17.0 Å². The number of hydrogen-bond donors (Lipinski definition) is 0. The number of rotatable bonds is 5. The molecule has 1 heterocycles. The molecule has 1 aliphatic rings. The normalized spacial score (nSPS) is 22.8. The lowest BCUT2D eigenvalue weighted by Gasteiger charge is -2.06. The van der Waals surface area contributed by atoms with Crippen LogP contribution in [0, 0.1) is 0 Å². The van der Waals surface area contributed by atoms with E-state index >= 15 is 0 Å². The van der Waals surface area contributed by atoms with Gasteiger partial charge in [-0.2, -0.15) is 0 Å². The smallest absolute Gasteiger partial charge is 0.0414 e. The molecule has 0 aromatic heterocycles. The summed E-state index contributed by atoms with van der Waals surface area (Å²) in [5, 5.41) is 10.8. The second kappa shape index (κ2) is 5.75. The fourth-order valence-corrected chi connectivity index (χ4v) is 4.23. The number of carboxylic acid groups (broad SMARTS) is 1. The van der Waals surface area contributed by atoms with E-state index in [9.17, 15) is 9.90 Å². The number of unbranched alkanes of at least 4 members (excludes halogenated alkanes) is 1. The minimum atomic E-state index is -0.913. The van der Waals surface area contributed by atoms with Crippen LogP contribution in [0.4, 0.5) is 0 Å². The molecular formula is C8H13O2S2-. The maximum atomic E-state index is 10.1. The monoisotopic (exact) mass is 205 g/mol. The average Bonchev–Trinajstić information content (AvgIpc) is 2.49. The topological polar surface area (TPSA) is 40.1 Å². The summed E-state index contributed by atoms with van der Waals surface area (Å²) in [4.78, 5) is 10.1. The van der Waals surface area contributed by atoms with Crippen molar-refractivity contribution >= 4 is 27.6 Å². The van der Waals surface area contributed by atoms with E-state index in [0.717, 1.165) is 18.1 Å². The third kappa shape index (κ3) is 4.26. The highest BCUT2D eigenvalue weighted by molar-refractivity contribution is 8.77. The first-order valence-corrected chi connectivity index (χ1v) is 6.65. The van der Waals surface area contributed by atoms with E-state index in [-0.39, 0.29) is 6.42 Å². The van der Waals surface area contributed by atoms with Gasteiger partial charge < -0.3 is 9.90 Å². The summed E-state index contributed by atoms with van der Waals surface area (Å²) < 4.78 is 0. The first-order valence-electron chi connectivity index (χ1n) is 4.27. The van der Waals surface area contributed by atoms with Gasteiger partial charge in [0.1, 0.15) is 0 Å². The highest BCUT2D eigenvalue weighted by atomic mass is 33.1. The van der Waals surface area contributed by atoms with Gasteiger partial charge in [-0.1, -0.05) is 28.0 Å². The molecule has 70 valence electrons. The molecule has 0 aliphatic carbocycles. The van der Waals surface area contributed by atoms with Crippen molar-refractivity contribution in [3.8, 4) is 0 Å². The highest BCUT2D eigenvalue weighted by Crippen LogP contribution is 2.39. The molecule has 1 rings (SSSR count). The number of carbonyl (C=O) groups excluding carboxylic acids is 1. The van der Waals surface area contributed by atoms with E-state index in [1.807, 2.05) is 21.6 Å². The molecule has 0 spiro atoms. The lowest BCUT2D eigenvalue weighted by molar-refractivity contribution is -0.305. The fraction of sp³-hybridized carbons (Fsp3) is 0.875. The van der Waals surface area contributed by atoms with Gasteiger partial charge in [-0.3, -0.25) is 0 Å². The third-order valence-electron chi connectivity index (χ3n) is 1.88. The van der Waals surface area contributed by atoms with Crippen molar-refractivity contribution in [1.29, 1.82) is 0 Å². The summed E-state index contributed by atoms with van der Waals surface area (Å²) in [5.41, 5.74) is 0. The Bertz CT molecular complexity index is 144. The lowest BCUT2D eigenvalue weighted by atomic mass is 10.1. The van der Waals surface area contributed by atoms with Crippen molar-refractivity contribution in [3.05, 3.63) is 0 Å². The molecule has 0 saturated carbocycles. The minimum Gasteiger partial charge on any atom is -0.550 e. The van der Waals surface area contributed by atoms with Crippen LogP contribution in [-0.4, -0.2) is 17.0 Å².